The van der Waals surface area contributed by atoms with Crippen LogP contribution in [0.4, 0.5) is 14.5 Å². The number of aryl methyl sites for hydroxylation is 1. The zero-order valence-electron chi connectivity index (χ0n) is 12.6. The summed E-state index contributed by atoms with van der Waals surface area (Å²) in [7, 11) is 0. The van der Waals surface area contributed by atoms with Crippen molar-refractivity contribution in [2.75, 3.05) is 12.3 Å². The lowest BCUT2D eigenvalue weighted by molar-refractivity contribution is 0.0948. The summed E-state index contributed by atoms with van der Waals surface area (Å²) < 4.78 is 27.1. The number of carbonyl (C=O) groups is 1. The van der Waals surface area contributed by atoms with Gasteiger partial charge in [-0.25, -0.2) is 8.78 Å². The number of hydrogen-bond donors (Lipinski definition) is 2. The molecule has 3 N–H and O–H groups in total. The quantitative estimate of drug-likeness (QED) is 0.850. The number of rotatable bonds is 4. The monoisotopic (exact) mass is 316 g/mol. The Morgan fingerprint density at radius 3 is 2.83 bits per heavy atom. The van der Waals surface area contributed by atoms with Gasteiger partial charge < -0.3 is 11.1 Å². The van der Waals surface area contributed by atoms with Crippen molar-refractivity contribution in [2.45, 2.75) is 25.2 Å². The first-order valence-corrected chi connectivity index (χ1v) is 7.67. The van der Waals surface area contributed by atoms with Crippen LogP contribution in [0.2, 0.25) is 0 Å². The van der Waals surface area contributed by atoms with Crippen molar-refractivity contribution in [2.24, 2.45) is 0 Å². The predicted octanol–water partition coefficient (Wildman–Crippen LogP) is 3.40. The summed E-state index contributed by atoms with van der Waals surface area (Å²) in [6.45, 7) is 0.420. The minimum absolute atomic E-state index is 0.304. The number of carbonyl (C=O) groups excluding carboxylic acids is 1. The van der Waals surface area contributed by atoms with E-state index in [0.717, 1.165) is 31.4 Å². The van der Waals surface area contributed by atoms with E-state index in [2.05, 4.69) is 17.4 Å². The van der Waals surface area contributed by atoms with Gasteiger partial charge in [-0.15, -0.1) is 0 Å². The molecule has 1 atom stereocenters. The highest BCUT2D eigenvalue weighted by Gasteiger charge is 2.22. The van der Waals surface area contributed by atoms with Gasteiger partial charge in [0.2, 0.25) is 0 Å². The van der Waals surface area contributed by atoms with Gasteiger partial charge >= 0.3 is 0 Å². The maximum Gasteiger partial charge on any atom is 0.254 e. The molecule has 2 aromatic carbocycles. The fourth-order valence-corrected chi connectivity index (χ4v) is 3.14. The Bertz CT molecular complexity index is 746. The summed E-state index contributed by atoms with van der Waals surface area (Å²) in [4.78, 5) is 12.0. The van der Waals surface area contributed by atoms with Gasteiger partial charge in [-0.3, -0.25) is 4.79 Å². The van der Waals surface area contributed by atoms with Gasteiger partial charge in [0.25, 0.3) is 5.91 Å². The molecule has 0 bridgehead atoms. The second-order valence-electron chi connectivity index (χ2n) is 5.83. The Hall–Kier alpha value is -2.43. The minimum atomic E-state index is -0.812. The zero-order valence-corrected chi connectivity index (χ0v) is 12.6. The number of amides is 1. The molecule has 0 saturated heterocycles. The molecule has 3 rings (SSSR count). The predicted molar refractivity (Wildman–Crippen MR) is 85.2 cm³/mol. The minimum Gasteiger partial charge on any atom is -0.396 e. The van der Waals surface area contributed by atoms with Gasteiger partial charge in [0, 0.05) is 12.6 Å². The molecule has 1 aliphatic carbocycles. The first-order chi connectivity index (χ1) is 11.1. The molecule has 0 saturated carbocycles. The van der Waals surface area contributed by atoms with E-state index in [1.807, 2.05) is 12.1 Å². The largest absolute Gasteiger partial charge is 0.396 e. The Kier molecular flexibility index (Phi) is 4.28. The molecule has 5 heteroatoms. The number of nitrogens with one attached hydrogen (secondary N) is 1. The number of fused-ring (bicyclic) bond motifs is 1. The van der Waals surface area contributed by atoms with Crippen molar-refractivity contribution < 1.29 is 13.6 Å². The van der Waals surface area contributed by atoms with E-state index in [0.29, 0.717) is 12.5 Å². The third-order valence-corrected chi connectivity index (χ3v) is 4.37. The first kappa shape index (κ1) is 15.5. The van der Waals surface area contributed by atoms with E-state index >= 15 is 0 Å². The average molecular weight is 316 g/mol. The summed E-state index contributed by atoms with van der Waals surface area (Å²) in [5.74, 6) is -1.82. The van der Waals surface area contributed by atoms with Crippen molar-refractivity contribution in [3.63, 3.8) is 0 Å². The molecule has 0 heterocycles. The zero-order chi connectivity index (χ0) is 16.4. The van der Waals surface area contributed by atoms with Gasteiger partial charge in [-0.05, 0) is 42.4 Å². The molecule has 0 aliphatic heterocycles. The molecule has 3 nitrogen and oxygen atoms in total. The number of nitrogen functional groups attached to an aromatic ring is 1. The van der Waals surface area contributed by atoms with Gasteiger partial charge in [0.15, 0.2) is 0 Å². The van der Waals surface area contributed by atoms with E-state index in [1.54, 1.807) is 0 Å². The van der Waals surface area contributed by atoms with Gasteiger partial charge in [-0.1, -0.05) is 24.3 Å². The van der Waals surface area contributed by atoms with E-state index in [4.69, 9.17) is 5.73 Å². The summed E-state index contributed by atoms with van der Waals surface area (Å²) in [6.07, 6.45) is 2.88. The standard InChI is InChI=1S/C18H18F2N2O/c19-15-10-17(21)16(20)9-14(15)18(23)22-8-7-12-6-5-11-3-1-2-4-13(11)12/h1-4,9-10,12H,5-8,21H2,(H,22,23). The molecule has 0 radical (unpaired) electrons. The third-order valence-electron chi connectivity index (χ3n) is 4.37. The Morgan fingerprint density at radius 1 is 1.22 bits per heavy atom. The maximum atomic E-state index is 13.7. The van der Waals surface area contributed by atoms with Crippen LogP contribution in [0, 0.1) is 11.6 Å². The molecular weight excluding hydrogens is 298 g/mol. The van der Waals surface area contributed by atoms with E-state index in [9.17, 15) is 13.6 Å². The van der Waals surface area contributed by atoms with Crippen molar-refractivity contribution >= 4 is 11.6 Å². The van der Waals surface area contributed by atoms with Crippen LogP contribution in [0.1, 0.15) is 40.2 Å². The van der Waals surface area contributed by atoms with Crippen LogP contribution in [0.3, 0.4) is 0 Å². The maximum absolute atomic E-state index is 13.7. The topological polar surface area (TPSA) is 55.1 Å². The normalized spacial score (nSPS) is 16.2. The van der Waals surface area contributed by atoms with Gasteiger partial charge in [-0.2, -0.15) is 0 Å². The lowest BCUT2D eigenvalue weighted by atomic mass is 9.98. The molecule has 0 fully saturated rings. The highest BCUT2D eigenvalue weighted by atomic mass is 19.1. The average Bonchev–Trinajstić information content (AvgIpc) is 2.94. The molecule has 1 amide bonds. The van der Waals surface area contributed by atoms with Crippen molar-refractivity contribution in [3.05, 3.63) is 64.7 Å². The summed E-state index contributed by atoms with van der Waals surface area (Å²) in [6, 6.07) is 9.95. The van der Waals surface area contributed by atoms with Crippen molar-refractivity contribution in [1.82, 2.24) is 5.32 Å². The molecule has 1 unspecified atom stereocenters. The van der Waals surface area contributed by atoms with Crippen LogP contribution in [0.25, 0.3) is 0 Å². The van der Waals surface area contributed by atoms with Crippen molar-refractivity contribution in [1.29, 1.82) is 0 Å². The molecule has 23 heavy (non-hydrogen) atoms. The van der Waals surface area contributed by atoms with Crippen molar-refractivity contribution in [3.8, 4) is 0 Å². The molecule has 0 spiro atoms. The fraction of sp³-hybridized carbons (Fsp3) is 0.278. The summed E-state index contributed by atoms with van der Waals surface area (Å²) >= 11 is 0. The Morgan fingerprint density at radius 2 is 2.00 bits per heavy atom. The van der Waals surface area contributed by atoms with E-state index in [-0.39, 0.29) is 11.3 Å². The van der Waals surface area contributed by atoms with Crippen LogP contribution >= 0.6 is 0 Å². The molecule has 2 aromatic rings. The summed E-state index contributed by atoms with van der Waals surface area (Å²) in [5, 5.41) is 2.66. The Labute approximate surface area is 133 Å². The third kappa shape index (κ3) is 3.18. The SMILES string of the molecule is Nc1cc(F)c(C(=O)NCCC2CCc3ccccc32)cc1F. The Balaban J connectivity index is 1.59. The van der Waals surface area contributed by atoms with Crippen LogP contribution in [0.5, 0.6) is 0 Å². The highest BCUT2D eigenvalue weighted by molar-refractivity contribution is 5.94. The number of hydrogen-bond acceptors (Lipinski definition) is 2. The van der Waals surface area contributed by atoms with Crippen LogP contribution < -0.4 is 11.1 Å². The lowest BCUT2D eigenvalue weighted by Gasteiger charge is -2.12. The van der Waals surface area contributed by atoms with Gasteiger partial charge in [0.05, 0.1) is 11.3 Å². The lowest BCUT2D eigenvalue weighted by Crippen LogP contribution is -2.26. The second kappa shape index (κ2) is 6.36. The van der Waals surface area contributed by atoms with E-state index < -0.39 is 17.5 Å². The molecular formula is C18H18F2N2O. The first-order valence-electron chi connectivity index (χ1n) is 7.67. The van der Waals surface area contributed by atoms with Crippen LogP contribution in [-0.4, -0.2) is 12.5 Å². The highest BCUT2D eigenvalue weighted by Crippen LogP contribution is 2.34. The fourth-order valence-electron chi connectivity index (χ4n) is 3.14. The molecule has 0 aromatic heterocycles. The number of halogens is 2. The summed E-state index contributed by atoms with van der Waals surface area (Å²) in [5.41, 5.74) is 7.33. The van der Waals surface area contributed by atoms with Crippen LogP contribution in [0.15, 0.2) is 36.4 Å². The number of anilines is 1. The molecule has 1 aliphatic rings. The van der Waals surface area contributed by atoms with Gasteiger partial charge in [0.1, 0.15) is 11.6 Å². The van der Waals surface area contributed by atoms with E-state index in [1.165, 1.54) is 11.1 Å². The second-order valence-corrected chi connectivity index (χ2v) is 5.83. The number of benzene rings is 2. The van der Waals surface area contributed by atoms with Crippen LogP contribution in [-0.2, 0) is 6.42 Å². The smallest absolute Gasteiger partial charge is 0.254 e. The molecule has 120 valence electrons. The number of nitrogens with two attached hydrogens (primary N) is 1.